The Morgan fingerprint density at radius 3 is 2.66 bits per heavy atom. The highest BCUT2D eigenvalue weighted by Gasteiger charge is 2.16. The molecule has 168 valence electrons. The van der Waals surface area contributed by atoms with Crippen LogP contribution in [0.1, 0.15) is 53.9 Å². The number of carbonyl (C=O) groups is 1. The lowest BCUT2D eigenvalue weighted by Crippen LogP contribution is -2.28. The van der Waals surface area contributed by atoms with Crippen molar-refractivity contribution in [2.24, 2.45) is 0 Å². The van der Waals surface area contributed by atoms with Gasteiger partial charge in [-0.1, -0.05) is 42.1 Å². The van der Waals surface area contributed by atoms with Crippen LogP contribution in [-0.2, 0) is 24.1 Å². The van der Waals surface area contributed by atoms with Gasteiger partial charge in [-0.3, -0.25) is 4.79 Å². The molecule has 1 atom stereocenters. The van der Waals surface area contributed by atoms with Gasteiger partial charge in [0.1, 0.15) is 5.75 Å². The summed E-state index contributed by atoms with van der Waals surface area (Å²) in [7, 11) is 1.64. The number of carbonyl (C=O) groups excluding carboxylic acids is 1. The molecule has 0 bridgehead atoms. The SMILES string of the molecule is COc1ccc(Cc2nnc(SCC(=O)N[C@H](C)c3ccc4c(c3)CCCC4)n2N)cc1. The molecule has 32 heavy (non-hydrogen) atoms. The number of hydrogen-bond donors (Lipinski definition) is 2. The number of rotatable bonds is 8. The summed E-state index contributed by atoms with van der Waals surface area (Å²) in [4.78, 5) is 12.5. The lowest BCUT2D eigenvalue weighted by molar-refractivity contribution is -0.119. The summed E-state index contributed by atoms with van der Waals surface area (Å²) in [5, 5.41) is 11.9. The van der Waals surface area contributed by atoms with E-state index in [1.807, 2.05) is 31.2 Å². The number of ether oxygens (including phenoxy) is 1. The van der Waals surface area contributed by atoms with Gasteiger partial charge in [-0.25, -0.2) is 4.68 Å². The van der Waals surface area contributed by atoms with Crippen molar-refractivity contribution < 1.29 is 9.53 Å². The van der Waals surface area contributed by atoms with Crippen molar-refractivity contribution in [1.29, 1.82) is 0 Å². The number of nitrogens with zero attached hydrogens (tertiary/aromatic N) is 3. The third kappa shape index (κ3) is 5.24. The summed E-state index contributed by atoms with van der Waals surface area (Å²) in [5.74, 6) is 7.78. The summed E-state index contributed by atoms with van der Waals surface area (Å²) >= 11 is 1.28. The number of nitrogens with two attached hydrogens (primary N) is 1. The van der Waals surface area contributed by atoms with Crippen molar-refractivity contribution in [2.75, 3.05) is 18.7 Å². The molecule has 0 saturated heterocycles. The van der Waals surface area contributed by atoms with Gasteiger partial charge in [-0.05, 0) is 67.0 Å². The minimum Gasteiger partial charge on any atom is -0.497 e. The summed E-state index contributed by atoms with van der Waals surface area (Å²) in [6.07, 6.45) is 5.35. The predicted molar refractivity (Wildman–Crippen MR) is 126 cm³/mol. The van der Waals surface area contributed by atoms with Crippen molar-refractivity contribution in [3.05, 3.63) is 70.5 Å². The number of amides is 1. The normalized spacial score (nSPS) is 13.9. The molecule has 0 radical (unpaired) electrons. The number of methoxy groups -OCH3 is 1. The molecule has 2 aromatic carbocycles. The molecule has 0 saturated carbocycles. The first-order valence-electron chi connectivity index (χ1n) is 10.9. The second-order valence-electron chi connectivity index (χ2n) is 8.11. The van der Waals surface area contributed by atoms with Gasteiger partial charge >= 0.3 is 0 Å². The van der Waals surface area contributed by atoms with E-state index >= 15 is 0 Å². The highest BCUT2D eigenvalue weighted by atomic mass is 32.2. The first-order chi connectivity index (χ1) is 15.5. The second kappa shape index (κ2) is 10.1. The lowest BCUT2D eigenvalue weighted by atomic mass is 9.89. The van der Waals surface area contributed by atoms with Gasteiger partial charge in [0.25, 0.3) is 0 Å². The zero-order valence-electron chi connectivity index (χ0n) is 18.5. The van der Waals surface area contributed by atoms with Gasteiger partial charge in [0.15, 0.2) is 5.82 Å². The number of aromatic nitrogens is 3. The molecule has 4 rings (SSSR count). The summed E-state index contributed by atoms with van der Waals surface area (Å²) in [5.41, 5.74) is 5.07. The number of thioether (sulfide) groups is 1. The van der Waals surface area contributed by atoms with E-state index in [0.29, 0.717) is 17.4 Å². The summed E-state index contributed by atoms with van der Waals surface area (Å²) in [6.45, 7) is 2.02. The Hall–Kier alpha value is -3.00. The van der Waals surface area contributed by atoms with Gasteiger partial charge in [0.2, 0.25) is 11.1 Å². The fourth-order valence-electron chi connectivity index (χ4n) is 3.97. The predicted octanol–water partition coefficient (Wildman–Crippen LogP) is 3.44. The Balaban J connectivity index is 1.31. The van der Waals surface area contributed by atoms with Crippen LogP contribution in [0.25, 0.3) is 0 Å². The smallest absolute Gasteiger partial charge is 0.230 e. The van der Waals surface area contributed by atoms with Gasteiger partial charge < -0.3 is 15.9 Å². The van der Waals surface area contributed by atoms with Gasteiger partial charge in [-0.15, -0.1) is 10.2 Å². The maximum absolute atomic E-state index is 12.5. The van der Waals surface area contributed by atoms with Gasteiger partial charge in [0.05, 0.1) is 18.9 Å². The van der Waals surface area contributed by atoms with E-state index in [2.05, 4.69) is 33.7 Å². The molecule has 1 aliphatic carbocycles. The maximum Gasteiger partial charge on any atom is 0.230 e. The molecular weight excluding hydrogens is 422 g/mol. The monoisotopic (exact) mass is 451 g/mol. The van der Waals surface area contributed by atoms with E-state index in [9.17, 15) is 4.79 Å². The van der Waals surface area contributed by atoms with Gasteiger partial charge in [-0.2, -0.15) is 0 Å². The fraction of sp³-hybridized carbons (Fsp3) is 0.375. The van der Waals surface area contributed by atoms with Crippen LogP contribution >= 0.6 is 11.8 Å². The van der Waals surface area contributed by atoms with Gasteiger partial charge in [0, 0.05) is 6.42 Å². The van der Waals surface area contributed by atoms with Crippen molar-refractivity contribution in [3.63, 3.8) is 0 Å². The molecule has 1 heterocycles. The summed E-state index contributed by atoms with van der Waals surface area (Å²) < 4.78 is 6.64. The van der Waals surface area contributed by atoms with Crippen LogP contribution in [0.2, 0.25) is 0 Å². The molecule has 1 aliphatic rings. The maximum atomic E-state index is 12.5. The van der Waals surface area contributed by atoms with E-state index in [4.69, 9.17) is 10.6 Å². The Morgan fingerprint density at radius 1 is 1.16 bits per heavy atom. The minimum atomic E-state index is -0.0556. The third-order valence-corrected chi connectivity index (χ3v) is 6.78. The van der Waals surface area contributed by atoms with E-state index in [0.717, 1.165) is 29.7 Å². The molecule has 1 amide bonds. The molecule has 3 aromatic rings. The van der Waals surface area contributed by atoms with Crippen molar-refractivity contribution in [2.45, 2.75) is 50.2 Å². The topological polar surface area (TPSA) is 95.1 Å². The van der Waals surface area contributed by atoms with Crippen LogP contribution in [0.4, 0.5) is 0 Å². The van der Waals surface area contributed by atoms with Crippen LogP contribution in [0, 0.1) is 0 Å². The van der Waals surface area contributed by atoms with Crippen LogP contribution in [-0.4, -0.2) is 33.6 Å². The Bertz CT molecular complexity index is 1080. The van der Waals surface area contributed by atoms with E-state index in [-0.39, 0.29) is 17.7 Å². The first kappa shape index (κ1) is 22.2. The molecule has 0 spiro atoms. The first-order valence-corrected chi connectivity index (χ1v) is 11.9. The fourth-order valence-corrected chi connectivity index (χ4v) is 4.66. The highest BCUT2D eigenvalue weighted by molar-refractivity contribution is 7.99. The molecule has 1 aromatic heterocycles. The number of benzene rings is 2. The second-order valence-corrected chi connectivity index (χ2v) is 9.05. The Kier molecular flexibility index (Phi) is 6.99. The van der Waals surface area contributed by atoms with E-state index in [1.165, 1.54) is 40.4 Å². The molecule has 0 unspecified atom stereocenters. The standard InChI is InChI=1S/C24H29N5O2S/c1-16(19-10-9-18-5-3-4-6-20(18)14-19)26-23(30)15-32-24-28-27-22(29(24)25)13-17-7-11-21(31-2)12-8-17/h7-12,14,16H,3-6,13,15,25H2,1-2H3,(H,26,30)/t16-/m1/s1. The van der Waals surface area contributed by atoms with Crippen molar-refractivity contribution in [3.8, 4) is 5.75 Å². The van der Waals surface area contributed by atoms with Crippen LogP contribution in [0.5, 0.6) is 5.75 Å². The van der Waals surface area contributed by atoms with Crippen LogP contribution < -0.4 is 15.9 Å². The minimum absolute atomic E-state index is 0.0447. The zero-order chi connectivity index (χ0) is 22.5. The van der Waals surface area contributed by atoms with Crippen molar-refractivity contribution >= 4 is 17.7 Å². The average Bonchev–Trinajstić information content (AvgIpc) is 3.16. The Morgan fingerprint density at radius 2 is 1.91 bits per heavy atom. The largest absolute Gasteiger partial charge is 0.497 e. The molecule has 8 heteroatoms. The van der Waals surface area contributed by atoms with Crippen molar-refractivity contribution in [1.82, 2.24) is 20.2 Å². The number of nitrogen functional groups attached to an aromatic ring is 1. The Labute approximate surface area is 192 Å². The molecule has 0 fully saturated rings. The van der Waals surface area contributed by atoms with E-state index in [1.54, 1.807) is 7.11 Å². The average molecular weight is 452 g/mol. The lowest BCUT2D eigenvalue weighted by Gasteiger charge is -2.20. The number of nitrogens with one attached hydrogen (secondary N) is 1. The zero-order valence-corrected chi connectivity index (χ0v) is 19.3. The quantitative estimate of drug-likeness (QED) is 0.402. The summed E-state index contributed by atoms with van der Waals surface area (Å²) in [6, 6.07) is 14.3. The number of aryl methyl sites for hydroxylation is 2. The van der Waals surface area contributed by atoms with Crippen LogP contribution in [0.3, 0.4) is 0 Å². The highest BCUT2D eigenvalue weighted by Crippen LogP contribution is 2.25. The van der Waals surface area contributed by atoms with E-state index < -0.39 is 0 Å². The molecular formula is C24H29N5O2S. The van der Waals surface area contributed by atoms with Crippen LogP contribution in [0.15, 0.2) is 47.6 Å². The third-order valence-electron chi connectivity index (χ3n) is 5.84. The number of hydrogen-bond acceptors (Lipinski definition) is 6. The number of fused-ring (bicyclic) bond motifs is 1. The molecule has 3 N–H and O–H groups in total. The molecule has 7 nitrogen and oxygen atoms in total. The molecule has 0 aliphatic heterocycles.